The normalized spacial score (nSPS) is 31.5. The second-order valence-corrected chi connectivity index (χ2v) is 7.11. The number of allylic oxidation sites excluding steroid dienone is 2. The van der Waals surface area contributed by atoms with E-state index >= 15 is 0 Å². The predicted molar refractivity (Wildman–Crippen MR) is 89.1 cm³/mol. The fraction of sp³-hybridized carbons (Fsp3) is 0.474. The monoisotopic (exact) mass is 349 g/mol. The van der Waals surface area contributed by atoms with Crippen molar-refractivity contribution in [2.75, 3.05) is 27.7 Å². The lowest BCUT2D eigenvalue weighted by atomic mass is 9.59. The number of hydrogen-bond acceptors (Lipinski definition) is 3. The Labute approximate surface area is 149 Å². The highest BCUT2D eigenvalue weighted by Crippen LogP contribution is 2.59. The van der Waals surface area contributed by atoms with Crippen LogP contribution in [-0.4, -0.2) is 45.1 Å². The Balaban J connectivity index is 0.00000169. The lowest BCUT2D eigenvalue weighted by Crippen LogP contribution is -3.06. The van der Waals surface area contributed by atoms with Crippen molar-refractivity contribution in [3.05, 3.63) is 41.5 Å². The Morgan fingerprint density at radius 3 is 2.75 bits per heavy atom. The first-order valence-corrected chi connectivity index (χ1v) is 8.29. The minimum Gasteiger partial charge on any atom is -1.00 e. The quantitative estimate of drug-likeness (QED) is 0.607. The average molecular weight is 350 g/mol. The summed E-state index contributed by atoms with van der Waals surface area (Å²) in [5, 5.41) is 10.6. The molecule has 2 N–H and O–H groups in total. The highest BCUT2D eigenvalue weighted by atomic mass is 35.5. The summed E-state index contributed by atoms with van der Waals surface area (Å²) in [7, 11) is 6.01. The molecule has 0 saturated heterocycles. The maximum absolute atomic E-state index is 10.6. The standard InChI is InChI=1S/C19H23NO3.ClH/c1-20(2)11-10-19-13-6-4-12-5-9-15(22-3)17(16(12)19)23-18(19)14(21)8-7-13;/h4-9,13-14,18,21H,10-11H2,1-3H3;1H. The van der Waals surface area contributed by atoms with Crippen LogP contribution in [0.3, 0.4) is 0 Å². The van der Waals surface area contributed by atoms with Gasteiger partial charge in [-0.15, -0.1) is 0 Å². The molecule has 1 aliphatic heterocycles. The summed E-state index contributed by atoms with van der Waals surface area (Å²) in [6.07, 6.45) is 8.61. The first kappa shape index (κ1) is 17.3. The molecule has 130 valence electrons. The van der Waals surface area contributed by atoms with Crippen molar-refractivity contribution in [2.24, 2.45) is 5.92 Å². The molecule has 1 aromatic carbocycles. The van der Waals surface area contributed by atoms with Crippen molar-refractivity contribution < 1.29 is 31.9 Å². The van der Waals surface area contributed by atoms with E-state index in [1.807, 2.05) is 12.1 Å². The summed E-state index contributed by atoms with van der Waals surface area (Å²) in [5.41, 5.74) is 2.22. The third-order valence-electron chi connectivity index (χ3n) is 5.53. The van der Waals surface area contributed by atoms with E-state index in [4.69, 9.17) is 9.47 Å². The molecule has 0 fully saturated rings. The van der Waals surface area contributed by atoms with Gasteiger partial charge in [0, 0.05) is 17.9 Å². The molecule has 1 aromatic rings. The van der Waals surface area contributed by atoms with Gasteiger partial charge < -0.3 is 31.9 Å². The van der Waals surface area contributed by atoms with Crippen molar-refractivity contribution in [2.45, 2.75) is 24.0 Å². The molecule has 1 heterocycles. The topological polar surface area (TPSA) is 43.1 Å². The molecule has 0 aromatic heterocycles. The number of benzene rings is 1. The molecular formula is C19H24ClNO3. The molecule has 4 rings (SSSR count). The highest BCUT2D eigenvalue weighted by Gasteiger charge is 2.59. The third-order valence-corrected chi connectivity index (χ3v) is 5.53. The SMILES string of the molecule is COc1ccc2c3c1OC1C(O)C=CC(C=C2)C31CC[NH+](C)C.[Cl-]. The average Bonchev–Trinajstić information content (AvgIpc) is 2.90. The molecule has 4 unspecified atom stereocenters. The van der Waals surface area contributed by atoms with Crippen molar-refractivity contribution in [1.29, 1.82) is 0 Å². The fourth-order valence-electron chi connectivity index (χ4n) is 4.42. The maximum atomic E-state index is 10.6. The Hall–Kier alpha value is -1.49. The molecule has 0 radical (unpaired) electrons. The summed E-state index contributed by atoms with van der Waals surface area (Å²) >= 11 is 0. The van der Waals surface area contributed by atoms with Gasteiger partial charge in [0.15, 0.2) is 11.5 Å². The summed E-state index contributed by atoms with van der Waals surface area (Å²) in [5.74, 6) is 1.84. The molecule has 4 nitrogen and oxygen atoms in total. The van der Waals surface area contributed by atoms with Gasteiger partial charge in [-0.2, -0.15) is 0 Å². The molecular weight excluding hydrogens is 326 g/mol. The first-order valence-electron chi connectivity index (χ1n) is 8.29. The zero-order valence-corrected chi connectivity index (χ0v) is 15.0. The number of quaternary nitrogens is 1. The Morgan fingerprint density at radius 2 is 2.04 bits per heavy atom. The summed E-state index contributed by atoms with van der Waals surface area (Å²) in [6, 6.07) is 4.06. The molecule has 4 atom stereocenters. The van der Waals surface area contributed by atoms with Crippen LogP contribution >= 0.6 is 0 Å². The van der Waals surface area contributed by atoms with Gasteiger partial charge in [-0.1, -0.05) is 30.4 Å². The predicted octanol–water partition coefficient (Wildman–Crippen LogP) is -2.19. The van der Waals surface area contributed by atoms with Crippen molar-refractivity contribution >= 4 is 6.08 Å². The Bertz CT molecular complexity index is 700. The van der Waals surface area contributed by atoms with E-state index in [1.54, 1.807) is 7.11 Å². The van der Waals surface area contributed by atoms with Gasteiger partial charge in [-0.3, -0.25) is 0 Å². The summed E-state index contributed by atoms with van der Waals surface area (Å²) in [4.78, 5) is 1.41. The maximum Gasteiger partial charge on any atom is 0.166 e. The summed E-state index contributed by atoms with van der Waals surface area (Å²) < 4.78 is 11.8. The lowest BCUT2D eigenvalue weighted by molar-refractivity contribution is -0.859. The van der Waals surface area contributed by atoms with E-state index in [0.717, 1.165) is 24.5 Å². The molecule has 2 aliphatic carbocycles. The molecule has 0 amide bonds. The number of nitrogens with one attached hydrogen (secondary N) is 1. The summed E-state index contributed by atoms with van der Waals surface area (Å²) in [6.45, 7) is 1.03. The second-order valence-electron chi connectivity index (χ2n) is 7.11. The molecule has 5 heteroatoms. The lowest BCUT2D eigenvalue weighted by Gasteiger charge is -2.44. The van der Waals surface area contributed by atoms with Gasteiger partial charge in [0.05, 0.1) is 33.2 Å². The Morgan fingerprint density at radius 1 is 1.25 bits per heavy atom. The van der Waals surface area contributed by atoms with Gasteiger partial charge in [-0.25, -0.2) is 0 Å². The van der Waals surface area contributed by atoms with Crippen molar-refractivity contribution in [3.8, 4) is 11.5 Å². The molecule has 0 bridgehead atoms. The van der Waals surface area contributed by atoms with E-state index in [9.17, 15) is 5.11 Å². The van der Waals surface area contributed by atoms with Crippen molar-refractivity contribution in [3.63, 3.8) is 0 Å². The highest BCUT2D eigenvalue weighted by molar-refractivity contribution is 5.71. The molecule has 24 heavy (non-hydrogen) atoms. The van der Waals surface area contributed by atoms with Gasteiger partial charge in [0.2, 0.25) is 0 Å². The van der Waals surface area contributed by atoms with Gasteiger partial charge >= 0.3 is 0 Å². The number of aliphatic hydroxyl groups is 1. The van der Waals surface area contributed by atoms with Crippen LogP contribution in [0.2, 0.25) is 0 Å². The van der Waals surface area contributed by atoms with Crippen LogP contribution in [0.15, 0.2) is 30.4 Å². The number of halogens is 1. The number of methoxy groups -OCH3 is 1. The van der Waals surface area contributed by atoms with Gasteiger partial charge in [0.25, 0.3) is 0 Å². The second kappa shape index (κ2) is 6.10. The first-order chi connectivity index (χ1) is 11.1. The molecule has 0 saturated carbocycles. The fourth-order valence-corrected chi connectivity index (χ4v) is 4.42. The minimum atomic E-state index is -0.583. The Kier molecular flexibility index (Phi) is 4.41. The zero-order chi connectivity index (χ0) is 16.2. The smallest absolute Gasteiger partial charge is 0.166 e. The van der Waals surface area contributed by atoms with Crippen LogP contribution in [-0.2, 0) is 5.41 Å². The molecule has 3 aliphatic rings. The third kappa shape index (κ3) is 2.20. The number of rotatable bonds is 4. The van der Waals surface area contributed by atoms with E-state index < -0.39 is 6.10 Å². The van der Waals surface area contributed by atoms with E-state index in [1.165, 1.54) is 16.0 Å². The van der Waals surface area contributed by atoms with Crippen LogP contribution in [0.1, 0.15) is 17.5 Å². The van der Waals surface area contributed by atoms with Gasteiger partial charge in [-0.05, 0) is 11.6 Å². The van der Waals surface area contributed by atoms with Gasteiger partial charge in [0.1, 0.15) is 12.2 Å². The van der Waals surface area contributed by atoms with Crippen molar-refractivity contribution in [1.82, 2.24) is 0 Å². The van der Waals surface area contributed by atoms with Crippen LogP contribution in [0.5, 0.6) is 11.5 Å². The van der Waals surface area contributed by atoms with Crippen LogP contribution < -0.4 is 26.8 Å². The number of ether oxygens (including phenoxy) is 2. The van der Waals surface area contributed by atoms with Crippen LogP contribution in [0, 0.1) is 5.92 Å². The minimum absolute atomic E-state index is 0. The number of aliphatic hydroxyl groups excluding tert-OH is 1. The van der Waals surface area contributed by atoms with E-state index in [2.05, 4.69) is 38.4 Å². The largest absolute Gasteiger partial charge is 1.00 e. The zero-order valence-electron chi connectivity index (χ0n) is 14.3. The van der Waals surface area contributed by atoms with Crippen LogP contribution in [0.25, 0.3) is 6.08 Å². The van der Waals surface area contributed by atoms with Crippen LogP contribution in [0.4, 0.5) is 0 Å². The number of hydrogen-bond donors (Lipinski definition) is 2. The van der Waals surface area contributed by atoms with E-state index in [-0.39, 0.29) is 29.8 Å². The van der Waals surface area contributed by atoms with E-state index in [0.29, 0.717) is 0 Å². The molecule has 0 spiro atoms.